The molecule has 4 rings (SSSR count). The average Bonchev–Trinajstić information content (AvgIpc) is 3.17. The number of thioether (sulfide) groups is 1. The molecule has 144 valence electrons. The van der Waals surface area contributed by atoms with Crippen LogP contribution in [0.15, 0.2) is 59.6 Å². The van der Waals surface area contributed by atoms with Crippen LogP contribution < -0.4 is 10.1 Å². The van der Waals surface area contributed by atoms with Crippen LogP contribution in [-0.4, -0.2) is 28.3 Å². The van der Waals surface area contributed by atoms with Gasteiger partial charge < -0.3 is 14.6 Å². The molecule has 0 aliphatic carbocycles. The molecule has 1 N–H and O–H groups in total. The molecule has 0 unspecified atom stereocenters. The third-order valence-corrected chi connectivity index (χ3v) is 5.79. The van der Waals surface area contributed by atoms with Gasteiger partial charge in [-0.2, -0.15) is 0 Å². The van der Waals surface area contributed by atoms with Gasteiger partial charge in [0.25, 0.3) is 0 Å². The topological polar surface area (TPSA) is 56.1 Å². The van der Waals surface area contributed by atoms with Crippen LogP contribution in [0.5, 0.6) is 5.75 Å². The molecule has 6 heteroatoms. The predicted molar refractivity (Wildman–Crippen MR) is 113 cm³/mol. The Labute approximate surface area is 169 Å². The third kappa shape index (κ3) is 4.39. The van der Waals surface area contributed by atoms with E-state index in [4.69, 9.17) is 9.72 Å². The van der Waals surface area contributed by atoms with Crippen LogP contribution in [0.2, 0.25) is 0 Å². The van der Waals surface area contributed by atoms with Gasteiger partial charge in [0.1, 0.15) is 11.6 Å². The maximum Gasteiger partial charge on any atom is 0.234 e. The summed E-state index contributed by atoms with van der Waals surface area (Å²) >= 11 is 1.50. The standard InChI is InChI=1S/C22H23N3O2S/c1-27-18-8-10-19(11-9-18)28-15-22(26)23-17-6-4-5-16(13-17)20-14-25-12-3-2-7-21(25)24-20/h4-6,8-11,13-14H,2-3,7,12,15H2,1H3,(H,23,26). The second-order valence-corrected chi connectivity index (χ2v) is 7.83. The molecule has 1 amide bonds. The number of fused-ring (bicyclic) bond motifs is 1. The number of nitrogens with one attached hydrogen (secondary N) is 1. The number of carbonyl (C=O) groups is 1. The molecule has 0 saturated carbocycles. The summed E-state index contributed by atoms with van der Waals surface area (Å²) in [5, 5.41) is 2.99. The van der Waals surface area contributed by atoms with Crippen LogP contribution >= 0.6 is 11.8 Å². The monoisotopic (exact) mass is 393 g/mol. The zero-order valence-electron chi connectivity index (χ0n) is 15.9. The Morgan fingerprint density at radius 2 is 2.07 bits per heavy atom. The van der Waals surface area contributed by atoms with E-state index in [2.05, 4.69) is 16.1 Å². The van der Waals surface area contributed by atoms with Crippen LogP contribution in [0, 0.1) is 0 Å². The number of hydrogen-bond acceptors (Lipinski definition) is 4. The minimum absolute atomic E-state index is 0.0258. The summed E-state index contributed by atoms with van der Waals surface area (Å²) in [5.74, 6) is 2.30. The first-order valence-corrected chi connectivity index (χ1v) is 10.4. The lowest BCUT2D eigenvalue weighted by Gasteiger charge is -2.11. The third-order valence-electron chi connectivity index (χ3n) is 4.78. The number of aromatic nitrogens is 2. The van der Waals surface area contributed by atoms with Gasteiger partial charge in [0.05, 0.1) is 18.6 Å². The van der Waals surface area contributed by atoms with Gasteiger partial charge in [0.15, 0.2) is 0 Å². The van der Waals surface area contributed by atoms with E-state index in [9.17, 15) is 4.79 Å². The van der Waals surface area contributed by atoms with Crippen molar-refractivity contribution in [3.63, 3.8) is 0 Å². The number of rotatable bonds is 6. The largest absolute Gasteiger partial charge is 0.497 e. The normalized spacial score (nSPS) is 13.0. The molecule has 28 heavy (non-hydrogen) atoms. The molecule has 1 aromatic heterocycles. The highest BCUT2D eigenvalue weighted by Gasteiger charge is 2.13. The number of benzene rings is 2. The SMILES string of the molecule is COc1ccc(SCC(=O)Nc2cccc(-c3cn4c(n3)CCCC4)c2)cc1. The number of ether oxygens (including phenoxy) is 1. The Hall–Kier alpha value is -2.73. The Morgan fingerprint density at radius 1 is 1.21 bits per heavy atom. The average molecular weight is 394 g/mol. The highest BCUT2D eigenvalue weighted by Crippen LogP contribution is 2.25. The minimum Gasteiger partial charge on any atom is -0.497 e. The Bertz CT molecular complexity index is 943. The zero-order chi connectivity index (χ0) is 19.3. The van der Waals surface area contributed by atoms with E-state index in [0.717, 1.165) is 46.4 Å². The zero-order valence-corrected chi connectivity index (χ0v) is 16.7. The fraction of sp³-hybridized carbons (Fsp3) is 0.273. The minimum atomic E-state index is -0.0258. The van der Waals surface area contributed by atoms with E-state index >= 15 is 0 Å². The molecule has 0 saturated heterocycles. The molecular weight excluding hydrogens is 370 g/mol. The first kappa shape index (κ1) is 18.6. The summed E-state index contributed by atoms with van der Waals surface area (Å²) in [5.41, 5.74) is 2.80. The Morgan fingerprint density at radius 3 is 2.86 bits per heavy atom. The van der Waals surface area contributed by atoms with Crippen molar-refractivity contribution in [3.8, 4) is 17.0 Å². The van der Waals surface area contributed by atoms with E-state index in [-0.39, 0.29) is 5.91 Å². The molecule has 0 spiro atoms. The molecule has 1 aliphatic rings. The number of methoxy groups -OCH3 is 1. The summed E-state index contributed by atoms with van der Waals surface area (Å²) in [6, 6.07) is 15.6. The summed E-state index contributed by atoms with van der Waals surface area (Å²) in [6.07, 6.45) is 5.58. The van der Waals surface area contributed by atoms with Crippen molar-refractivity contribution in [2.75, 3.05) is 18.2 Å². The van der Waals surface area contributed by atoms with Gasteiger partial charge in [-0.1, -0.05) is 12.1 Å². The Balaban J connectivity index is 1.38. The van der Waals surface area contributed by atoms with Crippen molar-refractivity contribution in [2.24, 2.45) is 0 Å². The van der Waals surface area contributed by atoms with Crippen molar-refractivity contribution in [1.82, 2.24) is 9.55 Å². The van der Waals surface area contributed by atoms with Gasteiger partial charge in [0.2, 0.25) is 5.91 Å². The van der Waals surface area contributed by atoms with Crippen molar-refractivity contribution in [2.45, 2.75) is 30.7 Å². The number of anilines is 1. The van der Waals surface area contributed by atoms with Gasteiger partial charge in [-0.25, -0.2) is 4.98 Å². The van der Waals surface area contributed by atoms with E-state index in [1.807, 2.05) is 48.5 Å². The Kier molecular flexibility index (Phi) is 5.67. The summed E-state index contributed by atoms with van der Waals surface area (Å²) < 4.78 is 7.40. The molecular formula is C22H23N3O2S. The second kappa shape index (κ2) is 8.52. The molecule has 0 bridgehead atoms. The van der Waals surface area contributed by atoms with Crippen LogP contribution in [0.3, 0.4) is 0 Å². The highest BCUT2D eigenvalue weighted by atomic mass is 32.2. The number of aryl methyl sites for hydroxylation is 2. The lowest BCUT2D eigenvalue weighted by atomic mass is 10.1. The smallest absolute Gasteiger partial charge is 0.234 e. The molecule has 2 heterocycles. The first-order chi connectivity index (χ1) is 13.7. The number of imidazole rings is 1. The lowest BCUT2D eigenvalue weighted by Crippen LogP contribution is -2.13. The lowest BCUT2D eigenvalue weighted by molar-refractivity contribution is -0.113. The number of carbonyl (C=O) groups excluding carboxylic acids is 1. The molecule has 0 fully saturated rings. The van der Waals surface area contributed by atoms with Crippen LogP contribution in [0.1, 0.15) is 18.7 Å². The molecule has 0 radical (unpaired) electrons. The molecule has 3 aromatic rings. The number of nitrogens with zero attached hydrogens (tertiary/aromatic N) is 2. The van der Waals surface area contributed by atoms with Crippen LogP contribution in [0.4, 0.5) is 5.69 Å². The molecule has 0 atom stereocenters. The van der Waals surface area contributed by atoms with E-state index in [1.54, 1.807) is 7.11 Å². The van der Waals surface area contributed by atoms with Crippen molar-refractivity contribution < 1.29 is 9.53 Å². The summed E-state index contributed by atoms with van der Waals surface area (Å²) in [7, 11) is 1.64. The molecule has 5 nitrogen and oxygen atoms in total. The van der Waals surface area contributed by atoms with Crippen molar-refractivity contribution >= 4 is 23.4 Å². The number of hydrogen-bond donors (Lipinski definition) is 1. The van der Waals surface area contributed by atoms with Gasteiger partial charge in [0, 0.05) is 35.3 Å². The maximum absolute atomic E-state index is 12.3. The molecule has 2 aromatic carbocycles. The van der Waals surface area contributed by atoms with Gasteiger partial charge in [-0.15, -0.1) is 11.8 Å². The van der Waals surface area contributed by atoms with E-state index < -0.39 is 0 Å². The van der Waals surface area contributed by atoms with Gasteiger partial charge in [-0.05, 0) is 49.2 Å². The van der Waals surface area contributed by atoms with E-state index in [1.165, 1.54) is 24.6 Å². The van der Waals surface area contributed by atoms with Gasteiger partial charge >= 0.3 is 0 Å². The van der Waals surface area contributed by atoms with E-state index in [0.29, 0.717) is 5.75 Å². The predicted octanol–water partition coefficient (Wildman–Crippen LogP) is 4.63. The second-order valence-electron chi connectivity index (χ2n) is 6.79. The van der Waals surface area contributed by atoms with Crippen LogP contribution in [0.25, 0.3) is 11.3 Å². The van der Waals surface area contributed by atoms with Crippen LogP contribution in [-0.2, 0) is 17.8 Å². The fourth-order valence-electron chi connectivity index (χ4n) is 3.33. The maximum atomic E-state index is 12.3. The van der Waals surface area contributed by atoms with Crippen molar-refractivity contribution in [3.05, 3.63) is 60.6 Å². The molecule has 1 aliphatic heterocycles. The highest BCUT2D eigenvalue weighted by molar-refractivity contribution is 8.00. The quantitative estimate of drug-likeness (QED) is 0.621. The number of amides is 1. The fourth-order valence-corrected chi connectivity index (χ4v) is 4.02. The summed E-state index contributed by atoms with van der Waals surface area (Å²) in [6.45, 7) is 1.04. The summed E-state index contributed by atoms with van der Waals surface area (Å²) in [4.78, 5) is 18.1. The van der Waals surface area contributed by atoms with Gasteiger partial charge in [-0.3, -0.25) is 4.79 Å². The first-order valence-electron chi connectivity index (χ1n) is 9.44. The van der Waals surface area contributed by atoms with Crippen molar-refractivity contribution in [1.29, 1.82) is 0 Å².